The third kappa shape index (κ3) is 5.46. The van der Waals surface area contributed by atoms with E-state index >= 15 is 0 Å². The van der Waals surface area contributed by atoms with Gasteiger partial charge in [-0.25, -0.2) is 0 Å². The molecule has 2 aliphatic carbocycles. The average Bonchev–Trinajstić information content (AvgIpc) is 4.09. The van der Waals surface area contributed by atoms with Crippen LogP contribution in [0.4, 0.5) is 17.1 Å². The van der Waals surface area contributed by atoms with Gasteiger partial charge in [-0.15, -0.1) is 11.3 Å². The van der Waals surface area contributed by atoms with Gasteiger partial charge in [-0.2, -0.15) is 0 Å². The Morgan fingerprint density at radius 2 is 0.818 bits per heavy atom. The number of hydrogen-bond donors (Lipinski definition) is 0. The topological polar surface area (TPSA) is 3.24 Å². The molecule has 10 aromatic carbocycles. The van der Waals surface area contributed by atoms with Crippen molar-refractivity contribution >= 4 is 38.5 Å². The van der Waals surface area contributed by atoms with Crippen molar-refractivity contribution in [1.82, 2.24) is 0 Å². The monoisotopic (exact) mass is 857 g/mol. The minimum Gasteiger partial charge on any atom is -0.310 e. The fraction of sp³-hybridized carbons (Fsp3) is 0.0312. The highest BCUT2D eigenvalue weighted by atomic mass is 32.1. The maximum absolute atomic E-state index is 2.63. The molecule has 0 N–H and O–H groups in total. The van der Waals surface area contributed by atoms with Crippen LogP contribution in [-0.2, 0) is 10.8 Å². The summed E-state index contributed by atoms with van der Waals surface area (Å²) in [7, 11) is 0. The molecule has 310 valence electrons. The first-order valence-corrected chi connectivity index (χ1v) is 23.7. The molecule has 0 saturated heterocycles. The summed E-state index contributed by atoms with van der Waals surface area (Å²) in [4.78, 5) is 2.63. The number of anilines is 3. The molecule has 0 atom stereocenters. The summed E-state index contributed by atoms with van der Waals surface area (Å²) in [6, 6.07) is 95.3. The van der Waals surface area contributed by atoms with Gasteiger partial charge in [0.05, 0.1) is 22.2 Å². The van der Waals surface area contributed by atoms with Crippen LogP contribution in [0.1, 0.15) is 44.5 Å². The van der Waals surface area contributed by atoms with Crippen molar-refractivity contribution in [3.8, 4) is 33.4 Å². The van der Waals surface area contributed by atoms with Crippen molar-refractivity contribution in [3.63, 3.8) is 0 Å². The summed E-state index contributed by atoms with van der Waals surface area (Å²) in [5, 5.41) is 3.44. The molecule has 2 heteroatoms. The first kappa shape index (κ1) is 38.4. The highest BCUT2D eigenvalue weighted by Crippen LogP contribution is 2.65. The Kier molecular flexibility index (Phi) is 8.91. The fourth-order valence-electron chi connectivity index (χ4n) is 11.8. The minimum absolute atomic E-state index is 0.637. The predicted octanol–water partition coefficient (Wildman–Crippen LogP) is 16.8. The standard InChI is InChI=1S/C64H43NS/c1-6-21-44(22-7-1)51-38-39-58(62-60(51)54-32-17-19-35-56(54)64(62,48-27-12-4-13-28-48)49-29-14-5-15-30-49)65(50-37-40-59-45(43-50)41-42-66-59)57-36-20-33-53-52-31-16-18-34-55(52)63(61(53)57,46-23-8-2-9-24-46)47-25-10-3-11-26-47/h1-43H. The lowest BCUT2D eigenvalue weighted by atomic mass is 9.66. The second kappa shape index (κ2) is 15.3. The van der Waals surface area contributed by atoms with E-state index in [4.69, 9.17) is 0 Å². The summed E-state index contributed by atoms with van der Waals surface area (Å²) in [5.41, 5.74) is 19.6. The van der Waals surface area contributed by atoms with Crippen LogP contribution < -0.4 is 4.90 Å². The van der Waals surface area contributed by atoms with Gasteiger partial charge in [-0.1, -0.05) is 218 Å². The number of thiophene rings is 1. The van der Waals surface area contributed by atoms with Crippen LogP contribution in [0, 0.1) is 0 Å². The van der Waals surface area contributed by atoms with Crippen molar-refractivity contribution in [3.05, 3.63) is 305 Å². The SMILES string of the molecule is c1ccc(-c2ccc(N(c3ccc4sccc4c3)c3cccc4c3C(c3ccccc3)(c3ccccc3)c3ccccc3-4)c3c2-c2ccccc2C3(c2ccccc2)c2ccccc2)cc1. The van der Waals surface area contributed by atoms with E-state index in [1.165, 1.54) is 88.0 Å². The van der Waals surface area contributed by atoms with Crippen LogP contribution in [0.15, 0.2) is 260 Å². The van der Waals surface area contributed by atoms with Gasteiger partial charge < -0.3 is 4.90 Å². The number of nitrogens with zero attached hydrogens (tertiary/aromatic N) is 1. The van der Waals surface area contributed by atoms with Gasteiger partial charge in [0.2, 0.25) is 0 Å². The smallest absolute Gasteiger partial charge is 0.0734 e. The molecule has 0 unspecified atom stereocenters. The second-order valence-corrected chi connectivity index (χ2v) is 18.4. The predicted molar refractivity (Wildman–Crippen MR) is 277 cm³/mol. The fourth-order valence-corrected chi connectivity index (χ4v) is 12.5. The molecule has 66 heavy (non-hydrogen) atoms. The van der Waals surface area contributed by atoms with E-state index < -0.39 is 10.8 Å². The highest BCUT2D eigenvalue weighted by molar-refractivity contribution is 7.17. The molecule has 0 aliphatic heterocycles. The van der Waals surface area contributed by atoms with E-state index in [0.717, 1.165) is 17.1 Å². The zero-order chi connectivity index (χ0) is 43.7. The van der Waals surface area contributed by atoms with Crippen molar-refractivity contribution in [2.75, 3.05) is 4.90 Å². The number of fused-ring (bicyclic) bond motifs is 7. The molecule has 11 aromatic rings. The first-order chi connectivity index (χ1) is 32.8. The zero-order valence-electron chi connectivity index (χ0n) is 36.2. The van der Waals surface area contributed by atoms with E-state index in [1.807, 2.05) is 0 Å². The highest BCUT2D eigenvalue weighted by Gasteiger charge is 2.52. The molecule has 0 amide bonds. The second-order valence-electron chi connectivity index (χ2n) is 17.5. The quantitative estimate of drug-likeness (QED) is 0.147. The van der Waals surface area contributed by atoms with Gasteiger partial charge in [-0.05, 0) is 114 Å². The molecule has 1 aromatic heterocycles. The molecule has 0 spiro atoms. The Morgan fingerprint density at radius 3 is 1.42 bits per heavy atom. The molecule has 0 radical (unpaired) electrons. The lowest BCUT2D eigenvalue weighted by Gasteiger charge is -2.40. The maximum atomic E-state index is 2.63. The van der Waals surface area contributed by atoms with Crippen LogP contribution in [0.3, 0.4) is 0 Å². The first-order valence-electron chi connectivity index (χ1n) is 22.8. The zero-order valence-corrected chi connectivity index (χ0v) is 37.0. The molecular weight excluding hydrogens is 815 g/mol. The Bertz CT molecular complexity index is 3500. The Morgan fingerprint density at radius 1 is 0.333 bits per heavy atom. The van der Waals surface area contributed by atoms with Crippen molar-refractivity contribution in [2.24, 2.45) is 0 Å². The van der Waals surface area contributed by atoms with Gasteiger partial charge in [0.15, 0.2) is 0 Å². The molecule has 1 heterocycles. The Hall–Kier alpha value is -8.04. The lowest BCUT2D eigenvalue weighted by molar-refractivity contribution is 0.761. The van der Waals surface area contributed by atoms with Crippen LogP contribution in [0.25, 0.3) is 43.5 Å². The van der Waals surface area contributed by atoms with Gasteiger partial charge in [0, 0.05) is 21.5 Å². The molecule has 0 saturated carbocycles. The lowest BCUT2D eigenvalue weighted by Crippen LogP contribution is -2.32. The van der Waals surface area contributed by atoms with Crippen LogP contribution in [0.5, 0.6) is 0 Å². The van der Waals surface area contributed by atoms with E-state index in [0.29, 0.717) is 0 Å². The molecule has 13 rings (SSSR count). The normalized spacial score (nSPS) is 13.7. The summed E-state index contributed by atoms with van der Waals surface area (Å²) < 4.78 is 1.27. The Balaban J connectivity index is 1.23. The summed E-state index contributed by atoms with van der Waals surface area (Å²) in [6.45, 7) is 0. The maximum Gasteiger partial charge on any atom is 0.0734 e. The molecular formula is C64H43NS. The van der Waals surface area contributed by atoms with Gasteiger partial charge in [0.1, 0.15) is 0 Å². The average molecular weight is 858 g/mol. The van der Waals surface area contributed by atoms with Crippen LogP contribution in [-0.4, -0.2) is 0 Å². The van der Waals surface area contributed by atoms with Crippen LogP contribution in [0.2, 0.25) is 0 Å². The number of rotatable bonds is 8. The minimum atomic E-state index is -0.684. The van der Waals surface area contributed by atoms with Gasteiger partial charge in [0.25, 0.3) is 0 Å². The van der Waals surface area contributed by atoms with Gasteiger partial charge >= 0.3 is 0 Å². The molecule has 1 nitrogen and oxygen atoms in total. The van der Waals surface area contributed by atoms with Gasteiger partial charge in [-0.3, -0.25) is 0 Å². The van der Waals surface area contributed by atoms with Crippen molar-refractivity contribution in [2.45, 2.75) is 10.8 Å². The van der Waals surface area contributed by atoms with E-state index in [1.54, 1.807) is 11.3 Å². The number of benzene rings is 10. The number of hydrogen-bond acceptors (Lipinski definition) is 2. The third-order valence-electron chi connectivity index (χ3n) is 14.3. The van der Waals surface area contributed by atoms with E-state index in [9.17, 15) is 0 Å². The molecule has 0 fully saturated rings. The summed E-state index contributed by atoms with van der Waals surface area (Å²) >= 11 is 1.79. The van der Waals surface area contributed by atoms with Crippen molar-refractivity contribution in [1.29, 1.82) is 0 Å². The Labute approximate surface area is 390 Å². The van der Waals surface area contributed by atoms with E-state index in [-0.39, 0.29) is 0 Å². The van der Waals surface area contributed by atoms with Crippen LogP contribution >= 0.6 is 11.3 Å². The van der Waals surface area contributed by atoms with E-state index in [2.05, 4.69) is 265 Å². The largest absolute Gasteiger partial charge is 0.310 e. The summed E-state index contributed by atoms with van der Waals surface area (Å²) in [5.74, 6) is 0. The molecule has 0 bridgehead atoms. The third-order valence-corrected chi connectivity index (χ3v) is 15.2. The molecule has 2 aliphatic rings. The van der Waals surface area contributed by atoms with Crippen molar-refractivity contribution < 1.29 is 0 Å². The summed E-state index contributed by atoms with van der Waals surface area (Å²) in [6.07, 6.45) is 0.